The molecule has 0 radical (unpaired) electrons. The molecular weight excluding hydrogens is 567 g/mol. The number of rotatable bonds is 15. The van der Waals surface area contributed by atoms with E-state index in [1.807, 2.05) is 0 Å². The second kappa shape index (κ2) is 15.9. The van der Waals surface area contributed by atoms with Crippen LogP contribution in [0.1, 0.15) is 64.9 Å². The summed E-state index contributed by atoms with van der Waals surface area (Å²) in [6.45, 7) is 4.94. The van der Waals surface area contributed by atoms with E-state index in [9.17, 15) is 41.1 Å². The number of Topliss-reactive ketones (excluding diaryl/α,β-unsaturated/α-hetero) is 1. The van der Waals surface area contributed by atoms with Crippen molar-refractivity contribution in [3.05, 3.63) is 58.9 Å². The second-order valence-corrected chi connectivity index (χ2v) is 10.1. The molecule has 2 atom stereocenters. The first-order valence-electron chi connectivity index (χ1n) is 13.3. The van der Waals surface area contributed by atoms with Gasteiger partial charge in [0.2, 0.25) is 46.6 Å². The molecule has 0 unspecified atom stereocenters. The summed E-state index contributed by atoms with van der Waals surface area (Å²) in [7, 11) is 0. The SMILES string of the molecule is CC(C)[C@H](NC(=O)CCCCCC(=O)Oc1c(F)c(F)c(F)c(F)c1F)C(=O)C[C@@H](C)C(=O)Nc1ccc(CO)cc1. The van der Waals surface area contributed by atoms with Crippen LogP contribution in [0.15, 0.2) is 24.3 Å². The van der Waals surface area contributed by atoms with Crippen molar-refractivity contribution in [3.63, 3.8) is 0 Å². The Hall–Kier alpha value is -3.87. The molecule has 13 heteroatoms. The molecule has 3 N–H and O–H groups in total. The van der Waals surface area contributed by atoms with Crippen molar-refractivity contribution in [2.75, 3.05) is 5.32 Å². The van der Waals surface area contributed by atoms with Crippen LogP contribution < -0.4 is 15.4 Å². The van der Waals surface area contributed by atoms with Gasteiger partial charge in [0.05, 0.1) is 12.6 Å². The number of aliphatic hydroxyl groups excluding tert-OH is 1. The summed E-state index contributed by atoms with van der Waals surface area (Å²) in [6, 6.07) is 5.73. The minimum absolute atomic E-state index is 0.0108. The lowest BCUT2D eigenvalue weighted by Gasteiger charge is -2.23. The summed E-state index contributed by atoms with van der Waals surface area (Å²) in [6.07, 6.45) is 0.131. The van der Waals surface area contributed by atoms with E-state index in [0.29, 0.717) is 11.3 Å². The van der Waals surface area contributed by atoms with Crippen molar-refractivity contribution in [3.8, 4) is 5.75 Å². The van der Waals surface area contributed by atoms with Crippen LogP contribution in [0.3, 0.4) is 0 Å². The van der Waals surface area contributed by atoms with Gasteiger partial charge in [0, 0.05) is 30.9 Å². The Labute approximate surface area is 239 Å². The van der Waals surface area contributed by atoms with Crippen LogP contribution in [-0.2, 0) is 25.8 Å². The van der Waals surface area contributed by atoms with E-state index in [-0.39, 0.29) is 56.3 Å². The fourth-order valence-corrected chi connectivity index (χ4v) is 3.92. The fourth-order valence-electron chi connectivity index (χ4n) is 3.92. The molecule has 0 spiro atoms. The number of amides is 2. The first-order chi connectivity index (χ1) is 19.8. The number of ether oxygens (including phenoxy) is 1. The lowest BCUT2D eigenvalue weighted by Crippen LogP contribution is -2.45. The van der Waals surface area contributed by atoms with Crippen LogP contribution in [0.4, 0.5) is 27.6 Å². The smallest absolute Gasteiger partial charge is 0.311 e. The Morgan fingerprint density at radius 3 is 1.90 bits per heavy atom. The number of hydrogen-bond donors (Lipinski definition) is 3. The number of unbranched alkanes of at least 4 members (excludes halogenated alkanes) is 2. The monoisotopic (exact) mass is 600 g/mol. The largest absolute Gasteiger partial charge is 0.420 e. The van der Waals surface area contributed by atoms with E-state index >= 15 is 0 Å². The molecule has 2 aromatic carbocycles. The number of carbonyl (C=O) groups excluding carboxylic acids is 4. The van der Waals surface area contributed by atoms with Gasteiger partial charge in [0.25, 0.3) is 0 Å². The molecule has 0 bridgehead atoms. The van der Waals surface area contributed by atoms with Crippen molar-refractivity contribution in [2.24, 2.45) is 11.8 Å². The normalized spacial score (nSPS) is 12.5. The third-order valence-electron chi connectivity index (χ3n) is 6.36. The van der Waals surface area contributed by atoms with Gasteiger partial charge in [-0.1, -0.05) is 39.3 Å². The molecular formula is C29H33F5N2O6. The number of benzene rings is 2. The topological polar surface area (TPSA) is 122 Å². The van der Waals surface area contributed by atoms with E-state index in [1.54, 1.807) is 45.0 Å². The van der Waals surface area contributed by atoms with Crippen molar-refractivity contribution >= 4 is 29.3 Å². The Kier molecular flexibility index (Phi) is 13.0. The minimum atomic E-state index is -2.37. The van der Waals surface area contributed by atoms with Gasteiger partial charge < -0.3 is 20.5 Å². The molecule has 2 amide bonds. The molecule has 8 nitrogen and oxygen atoms in total. The summed E-state index contributed by atoms with van der Waals surface area (Å²) in [5.41, 5.74) is 1.19. The number of nitrogens with one attached hydrogen (secondary N) is 2. The van der Waals surface area contributed by atoms with Crippen LogP contribution in [0.5, 0.6) is 5.75 Å². The zero-order valence-electron chi connectivity index (χ0n) is 23.4. The molecule has 0 aliphatic heterocycles. The van der Waals surface area contributed by atoms with Crippen LogP contribution >= 0.6 is 0 Å². The van der Waals surface area contributed by atoms with E-state index in [4.69, 9.17) is 5.11 Å². The van der Waals surface area contributed by atoms with Crippen molar-refractivity contribution in [2.45, 2.75) is 71.9 Å². The number of anilines is 1. The van der Waals surface area contributed by atoms with Crippen molar-refractivity contribution in [1.29, 1.82) is 0 Å². The molecule has 2 aromatic rings. The number of esters is 1. The summed E-state index contributed by atoms with van der Waals surface area (Å²) in [5.74, 6) is -16.3. The maximum absolute atomic E-state index is 13.6. The third-order valence-corrected chi connectivity index (χ3v) is 6.36. The van der Waals surface area contributed by atoms with Gasteiger partial charge in [-0.3, -0.25) is 19.2 Å². The second-order valence-electron chi connectivity index (χ2n) is 10.1. The van der Waals surface area contributed by atoms with Crippen LogP contribution in [0.25, 0.3) is 0 Å². The quantitative estimate of drug-likeness (QED) is 0.0653. The number of aliphatic hydroxyl groups is 1. The average Bonchev–Trinajstić information content (AvgIpc) is 2.95. The summed E-state index contributed by atoms with van der Waals surface area (Å²) in [4.78, 5) is 49.7. The van der Waals surface area contributed by atoms with Crippen molar-refractivity contribution in [1.82, 2.24) is 5.32 Å². The Morgan fingerprint density at radius 2 is 1.36 bits per heavy atom. The van der Waals surface area contributed by atoms with Crippen molar-refractivity contribution < 1.29 is 51.0 Å². The standard InChI is InChI=1S/C29H33F5N2O6/c1-15(2)27(19(38)13-16(3)29(41)35-18-11-9-17(14-37)10-12-18)36-20(39)7-5-4-6-8-21(40)42-28-25(33)23(31)22(30)24(32)26(28)34/h9-12,15-16,27,37H,4-8,13-14H2,1-3H3,(H,35,41)(H,36,39)/t16-,27+/m1/s1. The van der Waals surface area contributed by atoms with Gasteiger partial charge in [-0.15, -0.1) is 0 Å². The third kappa shape index (κ3) is 9.61. The highest BCUT2D eigenvalue weighted by Gasteiger charge is 2.29. The van der Waals surface area contributed by atoms with E-state index < -0.39 is 65.1 Å². The molecule has 42 heavy (non-hydrogen) atoms. The highest BCUT2D eigenvalue weighted by atomic mass is 19.2. The maximum Gasteiger partial charge on any atom is 0.311 e. The van der Waals surface area contributed by atoms with Gasteiger partial charge in [-0.2, -0.15) is 8.78 Å². The summed E-state index contributed by atoms with van der Waals surface area (Å²) in [5, 5.41) is 14.5. The molecule has 0 fully saturated rings. The van der Waals surface area contributed by atoms with Gasteiger partial charge in [-0.25, -0.2) is 13.2 Å². The van der Waals surface area contributed by atoms with E-state index in [1.165, 1.54) is 0 Å². The molecule has 0 saturated heterocycles. The first-order valence-corrected chi connectivity index (χ1v) is 13.3. The minimum Gasteiger partial charge on any atom is -0.420 e. The number of carbonyl (C=O) groups is 4. The lowest BCUT2D eigenvalue weighted by molar-refractivity contribution is -0.135. The molecule has 0 saturated carbocycles. The number of hydrogen-bond acceptors (Lipinski definition) is 6. The summed E-state index contributed by atoms with van der Waals surface area (Å²) < 4.78 is 71.2. The zero-order chi connectivity index (χ0) is 31.6. The predicted molar refractivity (Wildman–Crippen MR) is 142 cm³/mol. The highest BCUT2D eigenvalue weighted by Crippen LogP contribution is 2.29. The predicted octanol–water partition coefficient (Wildman–Crippen LogP) is 5.11. The molecule has 230 valence electrons. The number of ketones is 1. The fraction of sp³-hybridized carbons (Fsp3) is 0.448. The summed E-state index contributed by atoms with van der Waals surface area (Å²) >= 11 is 0. The van der Waals surface area contributed by atoms with E-state index in [0.717, 1.165) is 0 Å². The lowest BCUT2D eigenvalue weighted by atomic mass is 9.92. The molecule has 2 rings (SSSR count). The highest BCUT2D eigenvalue weighted by molar-refractivity contribution is 5.97. The first kappa shape index (κ1) is 34.3. The molecule has 0 aliphatic carbocycles. The number of halogens is 5. The van der Waals surface area contributed by atoms with Gasteiger partial charge >= 0.3 is 5.97 Å². The Morgan fingerprint density at radius 1 is 0.810 bits per heavy atom. The van der Waals surface area contributed by atoms with E-state index in [2.05, 4.69) is 15.4 Å². The Bertz CT molecular complexity index is 1260. The van der Waals surface area contributed by atoms with Gasteiger partial charge in [0.1, 0.15) is 0 Å². The Balaban J connectivity index is 1.77. The maximum atomic E-state index is 13.6. The van der Waals surface area contributed by atoms with Crippen LogP contribution in [-0.4, -0.2) is 34.7 Å². The van der Waals surface area contributed by atoms with Gasteiger partial charge in [0.15, 0.2) is 5.78 Å². The molecule has 0 aromatic heterocycles. The van der Waals surface area contributed by atoms with Gasteiger partial charge in [-0.05, 0) is 36.5 Å². The van der Waals surface area contributed by atoms with Crippen LogP contribution in [0, 0.1) is 40.9 Å². The zero-order valence-corrected chi connectivity index (χ0v) is 23.4. The molecule has 0 aliphatic rings. The van der Waals surface area contributed by atoms with Crippen LogP contribution in [0.2, 0.25) is 0 Å². The average molecular weight is 601 g/mol. The molecule has 0 heterocycles.